The van der Waals surface area contributed by atoms with Gasteiger partial charge in [-0.15, -0.1) is 0 Å². The van der Waals surface area contributed by atoms with E-state index in [0.717, 1.165) is 5.57 Å². The Balaban J connectivity index is 3.74. The van der Waals surface area contributed by atoms with E-state index in [-0.39, 0.29) is 18.4 Å². The average molecular weight is 184 g/mol. The third kappa shape index (κ3) is 5.90. The van der Waals surface area contributed by atoms with Gasteiger partial charge in [-0.3, -0.25) is 9.59 Å². The second-order valence-electron chi connectivity index (χ2n) is 3.11. The summed E-state index contributed by atoms with van der Waals surface area (Å²) in [7, 11) is 1.59. The van der Waals surface area contributed by atoms with Crippen LogP contribution in [0.2, 0.25) is 0 Å². The summed E-state index contributed by atoms with van der Waals surface area (Å²) in [4.78, 5) is 23.2. The second kappa shape index (κ2) is 5.35. The molecule has 0 unspecified atom stereocenters. The van der Waals surface area contributed by atoms with Crippen molar-refractivity contribution in [3.63, 3.8) is 0 Å². The van der Waals surface area contributed by atoms with Crippen LogP contribution in [0, 0.1) is 0 Å². The smallest absolute Gasteiger partial charge is 0.239 e. The molecule has 0 aromatic rings. The van der Waals surface area contributed by atoms with Gasteiger partial charge >= 0.3 is 0 Å². The van der Waals surface area contributed by atoms with Crippen molar-refractivity contribution in [3.8, 4) is 0 Å². The highest BCUT2D eigenvalue weighted by atomic mass is 16.2. The largest absolute Gasteiger partial charge is 0.351 e. The van der Waals surface area contributed by atoms with E-state index in [4.69, 9.17) is 0 Å². The topological polar surface area (TPSA) is 49.4 Å². The van der Waals surface area contributed by atoms with Gasteiger partial charge < -0.3 is 10.2 Å². The Morgan fingerprint density at radius 2 is 1.92 bits per heavy atom. The van der Waals surface area contributed by atoms with Crippen LogP contribution >= 0.6 is 0 Å². The van der Waals surface area contributed by atoms with Crippen molar-refractivity contribution in [2.24, 2.45) is 0 Å². The molecule has 4 heteroatoms. The van der Waals surface area contributed by atoms with E-state index in [1.54, 1.807) is 7.05 Å². The van der Waals surface area contributed by atoms with Gasteiger partial charge in [-0.1, -0.05) is 12.2 Å². The summed E-state index contributed by atoms with van der Waals surface area (Å²) in [6, 6.07) is 0. The van der Waals surface area contributed by atoms with Crippen LogP contribution in [0.25, 0.3) is 0 Å². The minimum absolute atomic E-state index is 0.0998. The number of nitrogens with zero attached hydrogens (tertiary/aromatic N) is 1. The minimum atomic E-state index is -0.166. The summed E-state index contributed by atoms with van der Waals surface area (Å²) in [5.74, 6) is -0.286. The van der Waals surface area contributed by atoms with Crippen LogP contribution < -0.4 is 5.32 Å². The summed E-state index contributed by atoms with van der Waals surface area (Å²) >= 11 is 0. The van der Waals surface area contributed by atoms with Crippen molar-refractivity contribution in [3.05, 3.63) is 12.2 Å². The molecule has 1 N–H and O–H groups in total. The van der Waals surface area contributed by atoms with Crippen LogP contribution in [0.4, 0.5) is 0 Å². The molecule has 0 fully saturated rings. The summed E-state index contributed by atoms with van der Waals surface area (Å²) in [6.07, 6.45) is 0. The zero-order valence-electron chi connectivity index (χ0n) is 8.39. The quantitative estimate of drug-likeness (QED) is 0.633. The Hall–Kier alpha value is -1.32. The predicted molar refractivity (Wildman–Crippen MR) is 51.1 cm³/mol. The average Bonchev–Trinajstić information content (AvgIpc) is 2.00. The maximum Gasteiger partial charge on any atom is 0.239 e. The maximum absolute atomic E-state index is 11.1. The molecule has 74 valence electrons. The van der Waals surface area contributed by atoms with Crippen LogP contribution in [-0.4, -0.2) is 36.9 Å². The van der Waals surface area contributed by atoms with Gasteiger partial charge in [0, 0.05) is 20.5 Å². The highest BCUT2D eigenvalue weighted by Crippen LogP contribution is 1.85. The van der Waals surface area contributed by atoms with Gasteiger partial charge in [0.25, 0.3) is 0 Å². The summed E-state index contributed by atoms with van der Waals surface area (Å²) in [5.41, 5.74) is 0.888. The van der Waals surface area contributed by atoms with E-state index in [9.17, 15) is 9.59 Å². The molecule has 0 rings (SSSR count). The molecule has 0 saturated carbocycles. The lowest BCUT2D eigenvalue weighted by Gasteiger charge is -2.14. The van der Waals surface area contributed by atoms with Gasteiger partial charge in [-0.2, -0.15) is 0 Å². The van der Waals surface area contributed by atoms with Crippen LogP contribution in [0.15, 0.2) is 12.2 Å². The predicted octanol–water partition coefficient (Wildman–Crippen LogP) is 0.157. The van der Waals surface area contributed by atoms with Crippen molar-refractivity contribution < 1.29 is 9.59 Å². The van der Waals surface area contributed by atoms with Crippen LogP contribution in [0.3, 0.4) is 0 Å². The molecule has 0 aliphatic rings. The molecule has 4 nitrogen and oxygen atoms in total. The molecule has 0 heterocycles. The molecule has 0 aliphatic carbocycles. The summed E-state index contributed by atoms with van der Waals surface area (Å²) < 4.78 is 0. The first-order valence-corrected chi connectivity index (χ1v) is 4.06. The van der Waals surface area contributed by atoms with E-state index < -0.39 is 0 Å². The van der Waals surface area contributed by atoms with Gasteiger partial charge in [0.15, 0.2) is 0 Å². The van der Waals surface area contributed by atoms with Crippen LogP contribution in [0.5, 0.6) is 0 Å². The second-order valence-corrected chi connectivity index (χ2v) is 3.11. The Morgan fingerprint density at radius 3 is 2.31 bits per heavy atom. The van der Waals surface area contributed by atoms with Gasteiger partial charge in [0.1, 0.15) is 0 Å². The molecule has 0 aromatic heterocycles. The number of carbonyl (C=O) groups excluding carboxylic acids is 2. The monoisotopic (exact) mass is 184 g/mol. The normalized spacial score (nSPS) is 9.15. The van der Waals surface area contributed by atoms with Crippen molar-refractivity contribution in [2.75, 3.05) is 20.1 Å². The third-order valence-corrected chi connectivity index (χ3v) is 1.51. The highest BCUT2D eigenvalue weighted by molar-refractivity contribution is 5.83. The molecule has 0 radical (unpaired) electrons. The minimum Gasteiger partial charge on any atom is -0.351 e. The fraction of sp³-hybridized carbons (Fsp3) is 0.556. The molecule has 2 amide bonds. The molecule has 0 aromatic carbocycles. The fourth-order valence-electron chi connectivity index (χ4n) is 0.632. The molecular weight excluding hydrogens is 168 g/mol. The summed E-state index contributed by atoms with van der Waals surface area (Å²) in [6.45, 7) is 7.46. The first-order valence-electron chi connectivity index (χ1n) is 4.06. The molecule has 13 heavy (non-hydrogen) atoms. The standard InChI is InChI=1S/C9H16N2O2/c1-7(2)5-10-9(13)6-11(4)8(3)12/h1,5-6H2,2-4H3,(H,10,13). The third-order valence-electron chi connectivity index (χ3n) is 1.51. The number of hydrogen-bond donors (Lipinski definition) is 1. The molecular formula is C9H16N2O2. The Morgan fingerprint density at radius 1 is 1.38 bits per heavy atom. The maximum atomic E-state index is 11.1. The number of hydrogen-bond acceptors (Lipinski definition) is 2. The highest BCUT2D eigenvalue weighted by Gasteiger charge is 2.07. The van der Waals surface area contributed by atoms with E-state index >= 15 is 0 Å². The van der Waals surface area contributed by atoms with Gasteiger partial charge in [0.2, 0.25) is 11.8 Å². The van der Waals surface area contributed by atoms with Crippen LogP contribution in [0.1, 0.15) is 13.8 Å². The summed E-state index contributed by atoms with van der Waals surface area (Å²) in [5, 5.41) is 2.64. The zero-order chi connectivity index (χ0) is 10.4. The molecule has 0 spiro atoms. The van der Waals surface area contributed by atoms with Crippen molar-refractivity contribution in [2.45, 2.75) is 13.8 Å². The zero-order valence-corrected chi connectivity index (χ0v) is 8.39. The van der Waals surface area contributed by atoms with Crippen molar-refractivity contribution >= 4 is 11.8 Å². The lowest BCUT2D eigenvalue weighted by Crippen LogP contribution is -2.37. The van der Waals surface area contributed by atoms with Gasteiger partial charge in [-0.05, 0) is 6.92 Å². The Labute approximate surface area is 78.6 Å². The first kappa shape index (κ1) is 11.7. The number of amides is 2. The molecule has 0 aliphatic heterocycles. The van der Waals surface area contributed by atoms with E-state index in [2.05, 4.69) is 11.9 Å². The number of carbonyl (C=O) groups is 2. The number of nitrogens with one attached hydrogen (secondary N) is 1. The molecule has 0 bridgehead atoms. The van der Waals surface area contributed by atoms with Crippen LogP contribution in [-0.2, 0) is 9.59 Å². The SMILES string of the molecule is C=C(C)CNC(=O)CN(C)C(C)=O. The van der Waals surface area contributed by atoms with E-state index in [1.165, 1.54) is 11.8 Å². The van der Waals surface area contributed by atoms with Crippen molar-refractivity contribution in [1.29, 1.82) is 0 Å². The van der Waals surface area contributed by atoms with Gasteiger partial charge in [0.05, 0.1) is 6.54 Å². The van der Waals surface area contributed by atoms with Crippen molar-refractivity contribution in [1.82, 2.24) is 10.2 Å². The molecule has 0 saturated heterocycles. The number of rotatable bonds is 4. The van der Waals surface area contributed by atoms with Gasteiger partial charge in [-0.25, -0.2) is 0 Å². The Kier molecular flexibility index (Phi) is 4.80. The lowest BCUT2D eigenvalue weighted by molar-refractivity contribution is -0.132. The Bertz CT molecular complexity index is 224. The van der Waals surface area contributed by atoms with E-state index in [0.29, 0.717) is 6.54 Å². The van der Waals surface area contributed by atoms with E-state index in [1.807, 2.05) is 6.92 Å². The number of likely N-dealkylation sites (N-methyl/N-ethyl adjacent to an activating group) is 1. The molecule has 0 atom stereocenters. The lowest BCUT2D eigenvalue weighted by atomic mass is 10.3. The fourth-order valence-corrected chi connectivity index (χ4v) is 0.632. The first-order chi connectivity index (χ1) is 5.93.